The van der Waals surface area contributed by atoms with Crippen molar-refractivity contribution < 1.29 is 4.79 Å². The van der Waals surface area contributed by atoms with Crippen molar-refractivity contribution in [1.82, 2.24) is 10.2 Å². The highest BCUT2D eigenvalue weighted by molar-refractivity contribution is 5.85. The maximum absolute atomic E-state index is 12.3. The highest BCUT2D eigenvalue weighted by Gasteiger charge is 2.49. The van der Waals surface area contributed by atoms with E-state index in [1.54, 1.807) is 0 Å². The summed E-state index contributed by atoms with van der Waals surface area (Å²) in [6.45, 7) is 3.85. The highest BCUT2D eigenvalue weighted by atomic mass is 16.2. The second-order valence-electron chi connectivity index (χ2n) is 5.34. The number of hydrogen-bond donors (Lipinski definition) is 1. The summed E-state index contributed by atoms with van der Waals surface area (Å²) in [6, 6.07) is 1.18. The molecule has 0 aromatic carbocycles. The number of fused-ring (bicyclic) bond motifs is 2. The first kappa shape index (κ1) is 8.72. The molecule has 14 heavy (non-hydrogen) atoms. The SMILES string of the molecule is CC1(C(=O)N2C3CCC2CC3)CNC1. The number of carbonyl (C=O) groups is 1. The monoisotopic (exact) mass is 194 g/mol. The fraction of sp³-hybridized carbons (Fsp3) is 0.909. The van der Waals surface area contributed by atoms with E-state index in [1.165, 1.54) is 25.7 Å². The Bertz CT molecular complexity index is 252. The molecule has 3 rings (SSSR count). The van der Waals surface area contributed by atoms with E-state index in [2.05, 4.69) is 17.1 Å². The smallest absolute Gasteiger partial charge is 0.231 e. The third-order valence-electron chi connectivity index (χ3n) is 4.23. The van der Waals surface area contributed by atoms with Gasteiger partial charge >= 0.3 is 0 Å². The first-order valence-electron chi connectivity index (χ1n) is 5.74. The summed E-state index contributed by atoms with van der Waals surface area (Å²) in [4.78, 5) is 14.5. The number of nitrogens with zero attached hydrogens (tertiary/aromatic N) is 1. The highest BCUT2D eigenvalue weighted by Crippen LogP contribution is 2.40. The standard InChI is InChI=1S/C11H18N2O/c1-11(6-12-7-11)10(14)13-8-2-3-9(13)5-4-8/h8-9,12H,2-7H2,1H3. The Morgan fingerprint density at radius 3 is 2.07 bits per heavy atom. The number of hydrogen-bond acceptors (Lipinski definition) is 2. The number of nitrogens with one attached hydrogen (secondary N) is 1. The first-order valence-corrected chi connectivity index (χ1v) is 5.74. The van der Waals surface area contributed by atoms with E-state index < -0.39 is 0 Å². The van der Waals surface area contributed by atoms with Gasteiger partial charge in [-0.1, -0.05) is 0 Å². The molecule has 0 saturated carbocycles. The molecule has 0 aromatic heterocycles. The maximum atomic E-state index is 12.3. The third kappa shape index (κ3) is 0.991. The van der Waals surface area contributed by atoms with Crippen molar-refractivity contribution in [2.24, 2.45) is 5.41 Å². The Morgan fingerprint density at radius 1 is 1.21 bits per heavy atom. The third-order valence-corrected chi connectivity index (χ3v) is 4.23. The lowest BCUT2D eigenvalue weighted by molar-refractivity contribution is -0.145. The van der Waals surface area contributed by atoms with Crippen LogP contribution in [0.2, 0.25) is 0 Å². The van der Waals surface area contributed by atoms with Gasteiger partial charge in [-0.25, -0.2) is 0 Å². The predicted molar refractivity (Wildman–Crippen MR) is 53.9 cm³/mol. The van der Waals surface area contributed by atoms with Crippen LogP contribution in [0.25, 0.3) is 0 Å². The molecule has 3 nitrogen and oxygen atoms in total. The molecule has 1 N–H and O–H groups in total. The molecule has 3 fully saturated rings. The molecule has 0 aromatic rings. The van der Waals surface area contributed by atoms with Crippen LogP contribution in [-0.2, 0) is 4.79 Å². The van der Waals surface area contributed by atoms with E-state index in [4.69, 9.17) is 0 Å². The van der Waals surface area contributed by atoms with Crippen molar-refractivity contribution in [2.75, 3.05) is 13.1 Å². The van der Waals surface area contributed by atoms with Gasteiger partial charge in [0.15, 0.2) is 0 Å². The molecule has 3 aliphatic heterocycles. The maximum Gasteiger partial charge on any atom is 0.231 e. The molecule has 3 saturated heterocycles. The summed E-state index contributed by atoms with van der Waals surface area (Å²) >= 11 is 0. The molecule has 3 aliphatic rings. The van der Waals surface area contributed by atoms with Gasteiger partial charge in [-0.15, -0.1) is 0 Å². The lowest BCUT2D eigenvalue weighted by Gasteiger charge is -2.41. The minimum absolute atomic E-state index is 0.0782. The van der Waals surface area contributed by atoms with Crippen LogP contribution >= 0.6 is 0 Å². The number of amides is 1. The zero-order valence-corrected chi connectivity index (χ0v) is 8.75. The molecular formula is C11H18N2O. The molecule has 0 unspecified atom stereocenters. The Balaban J connectivity index is 1.79. The van der Waals surface area contributed by atoms with Gasteiger partial charge in [0.05, 0.1) is 5.41 Å². The topological polar surface area (TPSA) is 32.3 Å². The van der Waals surface area contributed by atoms with Gasteiger partial charge in [0.2, 0.25) is 5.91 Å². The molecule has 1 amide bonds. The van der Waals surface area contributed by atoms with Crippen molar-refractivity contribution in [3.63, 3.8) is 0 Å². The van der Waals surface area contributed by atoms with E-state index in [9.17, 15) is 4.79 Å². The largest absolute Gasteiger partial charge is 0.336 e. The predicted octanol–water partition coefficient (Wildman–Crippen LogP) is 0.749. The Morgan fingerprint density at radius 2 is 1.71 bits per heavy atom. The van der Waals surface area contributed by atoms with Gasteiger partial charge in [-0.2, -0.15) is 0 Å². The molecule has 0 spiro atoms. The van der Waals surface area contributed by atoms with Crippen molar-refractivity contribution in [3.8, 4) is 0 Å². The van der Waals surface area contributed by atoms with Crippen LogP contribution in [-0.4, -0.2) is 36.0 Å². The summed E-state index contributed by atoms with van der Waals surface area (Å²) in [5.41, 5.74) is -0.0782. The summed E-state index contributed by atoms with van der Waals surface area (Å²) < 4.78 is 0. The second-order valence-corrected chi connectivity index (χ2v) is 5.34. The number of rotatable bonds is 1. The van der Waals surface area contributed by atoms with E-state index >= 15 is 0 Å². The summed E-state index contributed by atoms with van der Waals surface area (Å²) in [6.07, 6.45) is 5.00. The summed E-state index contributed by atoms with van der Waals surface area (Å²) in [5, 5.41) is 3.21. The molecule has 2 bridgehead atoms. The minimum atomic E-state index is -0.0782. The molecule has 3 heterocycles. The quantitative estimate of drug-likeness (QED) is 0.668. The van der Waals surface area contributed by atoms with E-state index in [-0.39, 0.29) is 5.41 Å². The normalized spacial score (nSPS) is 38.5. The van der Waals surface area contributed by atoms with Gasteiger partial charge in [-0.05, 0) is 32.6 Å². The van der Waals surface area contributed by atoms with E-state index in [0.29, 0.717) is 18.0 Å². The molecule has 0 aliphatic carbocycles. The first-order chi connectivity index (χ1) is 6.71. The minimum Gasteiger partial charge on any atom is -0.336 e. The van der Waals surface area contributed by atoms with Crippen LogP contribution in [0.1, 0.15) is 32.6 Å². The lowest BCUT2D eigenvalue weighted by atomic mass is 9.82. The molecule has 0 atom stereocenters. The van der Waals surface area contributed by atoms with Gasteiger partial charge in [-0.3, -0.25) is 4.79 Å². The molecule has 3 heteroatoms. The molecule has 0 radical (unpaired) electrons. The van der Waals surface area contributed by atoms with Gasteiger partial charge in [0.1, 0.15) is 0 Å². The molecular weight excluding hydrogens is 176 g/mol. The summed E-state index contributed by atoms with van der Waals surface area (Å²) in [7, 11) is 0. The fourth-order valence-electron chi connectivity index (χ4n) is 3.21. The van der Waals surface area contributed by atoms with E-state index in [0.717, 1.165) is 13.1 Å². The van der Waals surface area contributed by atoms with Crippen LogP contribution < -0.4 is 5.32 Å². The molecule has 78 valence electrons. The van der Waals surface area contributed by atoms with Gasteiger partial charge < -0.3 is 10.2 Å². The van der Waals surface area contributed by atoms with E-state index in [1.807, 2.05) is 0 Å². The van der Waals surface area contributed by atoms with Crippen molar-refractivity contribution in [2.45, 2.75) is 44.7 Å². The number of carbonyl (C=O) groups excluding carboxylic acids is 1. The fourth-order valence-corrected chi connectivity index (χ4v) is 3.21. The van der Waals surface area contributed by atoms with Gasteiger partial charge in [0, 0.05) is 25.2 Å². The van der Waals surface area contributed by atoms with Gasteiger partial charge in [0.25, 0.3) is 0 Å². The zero-order chi connectivity index (χ0) is 9.76. The van der Waals surface area contributed by atoms with Crippen molar-refractivity contribution in [1.29, 1.82) is 0 Å². The average molecular weight is 194 g/mol. The van der Waals surface area contributed by atoms with Crippen LogP contribution in [0.4, 0.5) is 0 Å². The van der Waals surface area contributed by atoms with Crippen molar-refractivity contribution in [3.05, 3.63) is 0 Å². The van der Waals surface area contributed by atoms with Crippen LogP contribution in [0.3, 0.4) is 0 Å². The Labute approximate surface area is 84.8 Å². The summed E-state index contributed by atoms with van der Waals surface area (Å²) in [5.74, 6) is 0.418. The van der Waals surface area contributed by atoms with Crippen LogP contribution in [0.15, 0.2) is 0 Å². The second kappa shape index (κ2) is 2.72. The Kier molecular flexibility index (Phi) is 1.69. The lowest BCUT2D eigenvalue weighted by Crippen LogP contribution is -2.61. The zero-order valence-electron chi connectivity index (χ0n) is 8.75. The van der Waals surface area contributed by atoms with Crippen molar-refractivity contribution >= 4 is 5.91 Å². The van der Waals surface area contributed by atoms with Crippen LogP contribution in [0.5, 0.6) is 0 Å². The van der Waals surface area contributed by atoms with Crippen LogP contribution in [0, 0.1) is 5.41 Å². The Hall–Kier alpha value is -0.570. The average Bonchev–Trinajstić information content (AvgIpc) is 2.72.